The third-order valence-corrected chi connectivity index (χ3v) is 4.18. The van der Waals surface area contributed by atoms with Gasteiger partial charge in [-0.05, 0) is 42.0 Å². The van der Waals surface area contributed by atoms with Crippen LogP contribution in [0.15, 0.2) is 83.7 Å². The van der Waals surface area contributed by atoms with Gasteiger partial charge in [0, 0.05) is 6.54 Å². The Morgan fingerprint density at radius 1 is 0.893 bits per heavy atom. The van der Waals surface area contributed by atoms with Crippen molar-refractivity contribution in [2.75, 3.05) is 0 Å². The molecule has 0 aliphatic carbocycles. The molecule has 1 amide bonds. The number of para-hydroxylation sites is 2. The first-order valence-electron chi connectivity index (χ1n) is 8.78. The molecule has 28 heavy (non-hydrogen) atoms. The Hall–Kier alpha value is -3.93. The van der Waals surface area contributed by atoms with E-state index in [0.717, 1.165) is 11.3 Å². The molecule has 4 aromatic rings. The van der Waals surface area contributed by atoms with Crippen LogP contribution in [0.5, 0.6) is 11.5 Å². The van der Waals surface area contributed by atoms with Crippen LogP contribution in [0, 0.1) is 0 Å². The standard InChI is InChI=1S/C22H17N3O3/c26-21-18-8-4-5-9-19(18)24-20(25-21)22(27)23-14-15-10-12-17(13-11-15)28-16-6-2-1-3-7-16/h1-13H,14H2,(H,23,27)(H,24,25,26). The van der Waals surface area contributed by atoms with Gasteiger partial charge in [0.05, 0.1) is 10.9 Å². The zero-order chi connectivity index (χ0) is 19.3. The third kappa shape index (κ3) is 3.91. The Balaban J connectivity index is 1.41. The van der Waals surface area contributed by atoms with Crippen molar-refractivity contribution < 1.29 is 9.53 Å². The number of H-pyrrole nitrogens is 1. The number of aromatic nitrogens is 2. The number of aromatic amines is 1. The first-order chi connectivity index (χ1) is 13.7. The highest BCUT2D eigenvalue weighted by atomic mass is 16.5. The van der Waals surface area contributed by atoms with Gasteiger partial charge in [-0.25, -0.2) is 4.98 Å². The average molecular weight is 371 g/mol. The fourth-order valence-electron chi connectivity index (χ4n) is 2.76. The Bertz CT molecular complexity index is 1170. The van der Waals surface area contributed by atoms with Crippen LogP contribution in [0.3, 0.4) is 0 Å². The highest BCUT2D eigenvalue weighted by molar-refractivity contribution is 5.92. The van der Waals surface area contributed by atoms with Crippen molar-refractivity contribution in [3.05, 3.63) is 101 Å². The van der Waals surface area contributed by atoms with Gasteiger partial charge in [0.15, 0.2) is 5.82 Å². The molecular weight excluding hydrogens is 354 g/mol. The summed E-state index contributed by atoms with van der Waals surface area (Å²) in [5, 5.41) is 3.22. The second-order valence-electron chi connectivity index (χ2n) is 6.17. The molecule has 138 valence electrons. The fourth-order valence-corrected chi connectivity index (χ4v) is 2.76. The van der Waals surface area contributed by atoms with Crippen LogP contribution >= 0.6 is 0 Å². The van der Waals surface area contributed by atoms with Crippen LogP contribution in [0.25, 0.3) is 10.9 Å². The Labute approximate surface area is 160 Å². The molecule has 6 nitrogen and oxygen atoms in total. The molecule has 1 aromatic heterocycles. The van der Waals surface area contributed by atoms with E-state index < -0.39 is 5.91 Å². The van der Waals surface area contributed by atoms with Gasteiger partial charge in [-0.15, -0.1) is 0 Å². The largest absolute Gasteiger partial charge is 0.457 e. The SMILES string of the molecule is O=C(NCc1ccc(Oc2ccccc2)cc1)c1nc2ccccc2c(=O)[nH]1. The van der Waals surface area contributed by atoms with Gasteiger partial charge in [-0.2, -0.15) is 0 Å². The minimum absolute atomic E-state index is 0.00673. The Morgan fingerprint density at radius 2 is 1.57 bits per heavy atom. The van der Waals surface area contributed by atoms with Crippen LogP contribution in [0.4, 0.5) is 0 Å². The van der Waals surface area contributed by atoms with E-state index in [0.29, 0.717) is 23.2 Å². The van der Waals surface area contributed by atoms with Crippen LogP contribution in [0.1, 0.15) is 16.2 Å². The van der Waals surface area contributed by atoms with E-state index in [1.54, 1.807) is 24.3 Å². The van der Waals surface area contributed by atoms with Crippen molar-refractivity contribution in [1.82, 2.24) is 15.3 Å². The summed E-state index contributed by atoms with van der Waals surface area (Å²) in [6.07, 6.45) is 0. The minimum Gasteiger partial charge on any atom is -0.457 e. The second-order valence-corrected chi connectivity index (χ2v) is 6.17. The Morgan fingerprint density at radius 3 is 2.36 bits per heavy atom. The highest BCUT2D eigenvalue weighted by Gasteiger charge is 2.11. The molecule has 0 bridgehead atoms. The van der Waals surface area contributed by atoms with E-state index in [1.165, 1.54) is 0 Å². The van der Waals surface area contributed by atoms with Crippen molar-refractivity contribution in [3.8, 4) is 11.5 Å². The molecule has 2 N–H and O–H groups in total. The molecule has 0 spiro atoms. The summed E-state index contributed by atoms with van der Waals surface area (Å²) in [5.41, 5.74) is 1.05. The van der Waals surface area contributed by atoms with Crippen LogP contribution in [0.2, 0.25) is 0 Å². The molecule has 3 aromatic carbocycles. The smallest absolute Gasteiger partial charge is 0.287 e. The number of fused-ring (bicyclic) bond motifs is 1. The molecular formula is C22H17N3O3. The maximum Gasteiger partial charge on any atom is 0.287 e. The van der Waals surface area contributed by atoms with Crippen molar-refractivity contribution in [3.63, 3.8) is 0 Å². The summed E-state index contributed by atoms with van der Waals surface area (Å²) >= 11 is 0. The zero-order valence-electron chi connectivity index (χ0n) is 14.9. The molecule has 0 saturated heterocycles. The van der Waals surface area contributed by atoms with E-state index in [4.69, 9.17) is 4.74 Å². The fraction of sp³-hybridized carbons (Fsp3) is 0.0455. The number of hydrogen-bond donors (Lipinski definition) is 2. The van der Waals surface area contributed by atoms with Gasteiger partial charge in [0.25, 0.3) is 11.5 Å². The number of nitrogens with zero attached hydrogens (tertiary/aromatic N) is 1. The number of carbonyl (C=O) groups is 1. The van der Waals surface area contributed by atoms with Gasteiger partial charge >= 0.3 is 0 Å². The topological polar surface area (TPSA) is 84.1 Å². The Kier molecular flexibility index (Phi) is 4.84. The van der Waals surface area contributed by atoms with Crippen LogP contribution in [-0.4, -0.2) is 15.9 Å². The lowest BCUT2D eigenvalue weighted by Gasteiger charge is -2.08. The van der Waals surface area contributed by atoms with E-state index in [2.05, 4.69) is 15.3 Å². The summed E-state index contributed by atoms with van der Waals surface area (Å²) < 4.78 is 5.75. The van der Waals surface area contributed by atoms with Crippen molar-refractivity contribution in [1.29, 1.82) is 0 Å². The molecule has 6 heteroatoms. The number of ether oxygens (including phenoxy) is 1. The molecule has 0 radical (unpaired) electrons. The third-order valence-electron chi connectivity index (χ3n) is 4.18. The molecule has 0 unspecified atom stereocenters. The number of amides is 1. The van der Waals surface area contributed by atoms with Gasteiger partial charge in [0.1, 0.15) is 11.5 Å². The van der Waals surface area contributed by atoms with Crippen LogP contribution in [-0.2, 0) is 6.54 Å². The lowest BCUT2D eigenvalue weighted by atomic mass is 10.2. The first kappa shape index (κ1) is 17.5. The number of rotatable bonds is 5. The molecule has 1 heterocycles. The lowest BCUT2D eigenvalue weighted by molar-refractivity contribution is 0.0940. The van der Waals surface area contributed by atoms with Gasteiger partial charge in [-0.3, -0.25) is 9.59 Å². The number of hydrogen-bond acceptors (Lipinski definition) is 4. The van der Waals surface area contributed by atoms with Gasteiger partial charge < -0.3 is 15.0 Å². The van der Waals surface area contributed by atoms with Gasteiger partial charge in [-0.1, -0.05) is 42.5 Å². The lowest BCUT2D eigenvalue weighted by Crippen LogP contribution is -2.27. The number of carbonyl (C=O) groups excluding carboxylic acids is 1. The average Bonchev–Trinajstić information content (AvgIpc) is 2.74. The van der Waals surface area contributed by atoms with Gasteiger partial charge in [0.2, 0.25) is 0 Å². The van der Waals surface area contributed by atoms with E-state index in [-0.39, 0.29) is 11.4 Å². The van der Waals surface area contributed by atoms with Crippen molar-refractivity contribution in [2.24, 2.45) is 0 Å². The summed E-state index contributed by atoms with van der Waals surface area (Å²) in [4.78, 5) is 31.2. The summed E-state index contributed by atoms with van der Waals surface area (Å²) in [5.74, 6) is 1.02. The molecule has 0 saturated carbocycles. The molecule has 0 aliphatic rings. The number of benzene rings is 3. The second kappa shape index (κ2) is 7.75. The number of nitrogens with one attached hydrogen (secondary N) is 2. The van der Waals surface area contributed by atoms with Crippen molar-refractivity contribution >= 4 is 16.8 Å². The first-order valence-corrected chi connectivity index (χ1v) is 8.78. The molecule has 0 aliphatic heterocycles. The molecule has 0 atom stereocenters. The van der Waals surface area contributed by atoms with Crippen LogP contribution < -0.4 is 15.6 Å². The van der Waals surface area contributed by atoms with E-state index >= 15 is 0 Å². The summed E-state index contributed by atoms with van der Waals surface area (Å²) in [6, 6.07) is 23.8. The molecule has 0 fully saturated rings. The van der Waals surface area contributed by atoms with E-state index in [1.807, 2.05) is 54.6 Å². The maximum absolute atomic E-state index is 12.4. The van der Waals surface area contributed by atoms with E-state index in [9.17, 15) is 9.59 Å². The summed E-state index contributed by atoms with van der Waals surface area (Å²) in [6.45, 7) is 0.307. The predicted molar refractivity (Wildman–Crippen MR) is 106 cm³/mol. The minimum atomic E-state index is -0.438. The zero-order valence-corrected chi connectivity index (χ0v) is 14.9. The normalized spacial score (nSPS) is 10.6. The summed E-state index contributed by atoms with van der Waals surface area (Å²) in [7, 11) is 0. The quantitative estimate of drug-likeness (QED) is 0.561. The van der Waals surface area contributed by atoms with Crippen molar-refractivity contribution in [2.45, 2.75) is 6.54 Å². The monoisotopic (exact) mass is 371 g/mol. The molecule has 4 rings (SSSR count). The maximum atomic E-state index is 12.4. The predicted octanol–water partition coefficient (Wildman–Crippen LogP) is 3.65. The highest BCUT2D eigenvalue weighted by Crippen LogP contribution is 2.21.